The summed E-state index contributed by atoms with van der Waals surface area (Å²) in [6.45, 7) is 11.3. The topological polar surface area (TPSA) is 0 Å². The molecule has 1 aliphatic rings. The molecule has 0 unspecified atom stereocenters. The van der Waals surface area contributed by atoms with Crippen LogP contribution in [0, 0.1) is 0 Å². The minimum absolute atomic E-state index is 0.512. The SMILES string of the molecule is CC=C(C)C(C)=[C](C)[Zr][C]1=C(CCCC)C=CC1. The Morgan fingerprint density at radius 2 is 2.06 bits per heavy atom. The van der Waals surface area contributed by atoms with Crippen molar-refractivity contribution < 1.29 is 23.2 Å². The first kappa shape index (κ1) is 15.9. The number of hydrogen-bond donors (Lipinski definition) is 0. The fourth-order valence-electron chi connectivity index (χ4n) is 2.12. The van der Waals surface area contributed by atoms with E-state index in [-0.39, 0.29) is 0 Å². The van der Waals surface area contributed by atoms with Crippen LogP contribution in [0.3, 0.4) is 0 Å². The summed E-state index contributed by atoms with van der Waals surface area (Å²) >= 11 is -0.512. The zero-order chi connectivity index (χ0) is 13.5. The molecule has 0 aromatic carbocycles. The van der Waals surface area contributed by atoms with Gasteiger partial charge in [0.1, 0.15) is 0 Å². The molecule has 0 saturated heterocycles. The monoisotopic (exact) mass is 320 g/mol. The molecule has 1 heteroatoms. The number of unbranched alkanes of at least 4 members (excludes halogenated alkanes) is 1. The number of hydrogen-bond acceptors (Lipinski definition) is 0. The Morgan fingerprint density at radius 1 is 1.33 bits per heavy atom. The van der Waals surface area contributed by atoms with Gasteiger partial charge in [-0.2, -0.15) is 0 Å². The Morgan fingerprint density at radius 3 is 2.67 bits per heavy atom. The van der Waals surface area contributed by atoms with Crippen molar-refractivity contribution in [1.82, 2.24) is 0 Å². The molecule has 0 aromatic rings. The molecule has 0 bridgehead atoms. The summed E-state index contributed by atoms with van der Waals surface area (Å²) in [5.74, 6) is 0. The van der Waals surface area contributed by atoms with E-state index in [9.17, 15) is 0 Å². The van der Waals surface area contributed by atoms with Gasteiger partial charge in [0.15, 0.2) is 0 Å². The molecule has 0 atom stereocenters. The predicted octanol–water partition coefficient (Wildman–Crippen LogP) is 5.73. The molecule has 0 nitrogen and oxygen atoms in total. The average molecular weight is 322 g/mol. The molecule has 18 heavy (non-hydrogen) atoms. The van der Waals surface area contributed by atoms with Crippen molar-refractivity contribution in [2.45, 2.75) is 60.3 Å². The van der Waals surface area contributed by atoms with Gasteiger partial charge >= 0.3 is 125 Å². The maximum absolute atomic E-state index is 2.39. The molecule has 0 saturated carbocycles. The molecule has 1 rings (SSSR count). The molecule has 0 heterocycles. The standard InChI is InChI=1S/C9H13.C8H13.Zr/c1-2-3-6-9-7-4-5-8-9;1-5-7(3)8(4)6-2;/h4,7H,2-3,5-6H2,1H3;5H,1-4H3;. The van der Waals surface area contributed by atoms with Crippen molar-refractivity contribution in [3.8, 4) is 0 Å². The van der Waals surface area contributed by atoms with Gasteiger partial charge in [-0.05, 0) is 0 Å². The molecule has 0 aliphatic heterocycles. The first-order valence-corrected chi connectivity index (χ1v) is 9.52. The number of rotatable bonds is 6. The summed E-state index contributed by atoms with van der Waals surface area (Å²) in [4.78, 5) is 0. The van der Waals surface area contributed by atoms with E-state index < -0.39 is 23.2 Å². The van der Waals surface area contributed by atoms with E-state index in [1.807, 2.05) is 3.28 Å². The molecular weight excluding hydrogens is 295 g/mol. The Labute approximate surface area is 125 Å². The van der Waals surface area contributed by atoms with Gasteiger partial charge in [-0.15, -0.1) is 0 Å². The second-order valence-electron chi connectivity index (χ2n) is 5.06. The molecular formula is C17H26Zr. The quantitative estimate of drug-likeness (QED) is 0.548. The Balaban J connectivity index is 2.78. The van der Waals surface area contributed by atoms with Crippen LogP contribution in [0.4, 0.5) is 0 Å². The molecule has 0 aromatic heterocycles. The molecule has 0 amide bonds. The zero-order valence-corrected chi connectivity index (χ0v) is 15.0. The van der Waals surface area contributed by atoms with E-state index >= 15 is 0 Å². The van der Waals surface area contributed by atoms with Gasteiger partial charge in [-0.3, -0.25) is 0 Å². The second kappa shape index (κ2) is 8.10. The molecule has 0 radical (unpaired) electrons. The van der Waals surface area contributed by atoms with Crippen LogP contribution >= 0.6 is 0 Å². The molecule has 0 N–H and O–H groups in total. The van der Waals surface area contributed by atoms with Gasteiger partial charge in [0.2, 0.25) is 0 Å². The summed E-state index contributed by atoms with van der Waals surface area (Å²) in [6, 6.07) is 0. The van der Waals surface area contributed by atoms with Crippen molar-refractivity contribution in [1.29, 1.82) is 0 Å². The van der Waals surface area contributed by atoms with Crippen LogP contribution in [-0.4, -0.2) is 0 Å². The normalized spacial score (nSPS) is 17.3. The number of allylic oxidation sites excluding steroid dienone is 8. The third-order valence-corrected chi connectivity index (χ3v) is 7.63. The molecule has 1 aliphatic carbocycles. The van der Waals surface area contributed by atoms with Crippen LogP contribution < -0.4 is 0 Å². The predicted molar refractivity (Wildman–Crippen MR) is 78.1 cm³/mol. The van der Waals surface area contributed by atoms with Gasteiger partial charge in [-0.25, -0.2) is 0 Å². The van der Waals surface area contributed by atoms with E-state index in [1.165, 1.54) is 31.3 Å². The first-order valence-electron chi connectivity index (χ1n) is 7.06. The summed E-state index contributed by atoms with van der Waals surface area (Å²) in [7, 11) is 0. The third-order valence-electron chi connectivity index (χ3n) is 3.75. The summed E-state index contributed by atoms with van der Waals surface area (Å²) in [5.41, 5.74) is 4.67. The van der Waals surface area contributed by atoms with Crippen molar-refractivity contribution >= 4 is 0 Å². The minimum atomic E-state index is -0.512. The van der Waals surface area contributed by atoms with Crippen LogP contribution in [0.5, 0.6) is 0 Å². The Kier molecular flexibility index (Phi) is 7.16. The van der Waals surface area contributed by atoms with E-state index in [2.05, 4.69) is 52.8 Å². The maximum atomic E-state index is 2.39. The van der Waals surface area contributed by atoms with Gasteiger partial charge < -0.3 is 0 Å². The van der Waals surface area contributed by atoms with Gasteiger partial charge in [0.05, 0.1) is 0 Å². The van der Waals surface area contributed by atoms with Gasteiger partial charge in [0, 0.05) is 0 Å². The van der Waals surface area contributed by atoms with Crippen molar-refractivity contribution in [2.24, 2.45) is 0 Å². The fraction of sp³-hybridized carbons (Fsp3) is 0.529. The van der Waals surface area contributed by atoms with E-state index in [0.29, 0.717) is 0 Å². The van der Waals surface area contributed by atoms with Crippen molar-refractivity contribution in [3.05, 3.63) is 41.5 Å². The Hall–Kier alpha value is -0.157. The molecule has 98 valence electrons. The van der Waals surface area contributed by atoms with Crippen molar-refractivity contribution in [3.63, 3.8) is 0 Å². The van der Waals surface area contributed by atoms with Crippen LogP contribution in [0.2, 0.25) is 0 Å². The fourth-order valence-corrected chi connectivity index (χ4v) is 5.62. The van der Waals surface area contributed by atoms with Crippen LogP contribution in [0.1, 0.15) is 60.3 Å². The summed E-state index contributed by atoms with van der Waals surface area (Å²) < 4.78 is 3.51. The van der Waals surface area contributed by atoms with E-state index in [0.717, 1.165) is 0 Å². The van der Waals surface area contributed by atoms with Crippen molar-refractivity contribution in [2.75, 3.05) is 0 Å². The van der Waals surface area contributed by atoms with Crippen LogP contribution in [0.15, 0.2) is 41.5 Å². The Bertz CT molecular complexity index is 405. The zero-order valence-electron chi connectivity index (χ0n) is 12.6. The average Bonchev–Trinajstić information content (AvgIpc) is 2.81. The second-order valence-corrected chi connectivity index (χ2v) is 9.00. The molecule has 0 spiro atoms. The summed E-state index contributed by atoms with van der Waals surface area (Å²) in [6.07, 6.45) is 12.2. The molecule has 0 fully saturated rings. The van der Waals surface area contributed by atoms with E-state index in [1.54, 1.807) is 14.4 Å². The first-order chi connectivity index (χ1) is 8.60. The van der Waals surface area contributed by atoms with Crippen LogP contribution in [-0.2, 0) is 23.2 Å². The summed E-state index contributed by atoms with van der Waals surface area (Å²) in [5, 5.41) is 0. The van der Waals surface area contributed by atoms with Crippen LogP contribution in [0.25, 0.3) is 0 Å². The van der Waals surface area contributed by atoms with Gasteiger partial charge in [-0.1, -0.05) is 0 Å². The third kappa shape index (κ3) is 4.50. The van der Waals surface area contributed by atoms with E-state index in [4.69, 9.17) is 0 Å². The van der Waals surface area contributed by atoms with Gasteiger partial charge in [0.25, 0.3) is 0 Å².